The molecule has 0 bridgehead atoms. The lowest BCUT2D eigenvalue weighted by molar-refractivity contribution is -0.120. The van der Waals surface area contributed by atoms with Crippen molar-refractivity contribution in [3.05, 3.63) is 65.2 Å². The first-order valence-corrected chi connectivity index (χ1v) is 11.4. The van der Waals surface area contributed by atoms with Crippen LogP contribution in [0.2, 0.25) is 0 Å². The molecule has 5 nitrogen and oxygen atoms in total. The van der Waals surface area contributed by atoms with Crippen LogP contribution in [0.15, 0.2) is 48.5 Å². The minimum Gasteiger partial charge on any atom is -0.348 e. The minimum atomic E-state index is -3.59. The van der Waals surface area contributed by atoms with E-state index < -0.39 is 10.0 Å². The molecule has 0 saturated heterocycles. The summed E-state index contributed by atoms with van der Waals surface area (Å²) in [4.78, 5) is 12.6. The van der Waals surface area contributed by atoms with E-state index in [2.05, 4.69) is 19.2 Å². The fourth-order valence-corrected chi connectivity index (χ4v) is 3.87. The Hall–Kier alpha value is -2.34. The van der Waals surface area contributed by atoms with Gasteiger partial charge in [-0.2, -0.15) is 0 Å². The summed E-state index contributed by atoms with van der Waals surface area (Å²) in [5.41, 5.74) is 3.77. The predicted octanol–water partition coefficient (Wildman–Crippen LogP) is 4.15. The maximum atomic E-state index is 12.6. The minimum absolute atomic E-state index is 0.155. The number of aryl methyl sites for hydroxylation is 1. The Kier molecular flexibility index (Phi) is 7.24. The molecule has 0 aliphatic carbocycles. The third-order valence-electron chi connectivity index (χ3n) is 4.76. The van der Waals surface area contributed by atoms with Gasteiger partial charge in [-0.1, -0.05) is 62.7 Å². The molecule has 2 rings (SSSR count). The molecule has 28 heavy (non-hydrogen) atoms. The molecule has 6 heteroatoms. The second-order valence-electron chi connectivity index (χ2n) is 7.45. The highest BCUT2D eigenvalue weighted by atomic mass is 32.2. The van der Waals surface area contributed by atoms with Crippen molar-refractivity contribution in [1.82, 2.24) is 5.32 Å². The number of hydrogen-bond acceptors (Lipinski definition) is 3. The van der Waals surface area contributed by atoms with Crippen LogP contribution in [0.25, 0.3) is 0 Å². The van der Waals surface area contributed by atoms with Crippen molar-refractivity contribution >= 4 is 21.6 Å². The zero-order valence-electron chi connectivity index (χ0n) is 17.3. The molecule has 0 saturated carbocycles. The highest BCUT2D eigenvalue weighted by Crippen LogP contribution is 2.22. The number of rotatable bonds is 8. The van der Waals surface area contributed by atoms with Crippen LogP contribution in [0.3, 0.4) is 0 Å². The van der Waals surface area contributed by atoms with Crippen LogP contribution in [0, 0.1) is 6.92 Å². The monoisotopic (exact) mass is 402 g/mol. The summed E-state index contributed by atoms with van der Waals surface area (Å²) in [7, 11) is -3.59. The zero-order valence-corrected chi connectivity index (χ0v) is 18.1. The molecule has 0 aromatic heterocycles. The fraction of sp³-hybridized carbons (Fsp3) is 0.409. The van der Waals surface area contributed by atoms with Gasteiger partial charge in [-0.15, -0.1) is 0 Å². The van der Waals surface area contributed by atoms with E-state index in [1.807, 2.05) is 50.2 Å². The number of nitrogens with zero attached hydrogens (tertiary/aromatic N) is 1. The van der Waals surface area contributed by atoms with Crippen molar-refractivity contribution in [3.8, 4) is 0 Å². The molecule has 2 aromatic rings. The second kappa shape index (κ2) is 9.24. The topological polar surface area (TPSA) is 66.5 Å². The number of amides is 1. The highest BCUT2D eigenvalue weighted by Gasteiger charge is 2.22. The van der Waals surface area contributed by atoms with E-state index in [1.165, 1.54) is 0 Å². The zero-order chi connectivity index (χ0) is 20.9. The van der Waals surface area contributed by atoms with Crippen LogP contribution in [-0.2, 0) is 14.8 Å². The van der Waals surface area contributed by atoms with Crippen molar-refractivity contribution in [2.75, 3.05) is 17.1 Å². The summed E-state index contributed by atoms with van der Waals surface area (Å²) in [6.45, 7) is 7.91. The van der Waals surface area contributed by atoms with Gasteiger partial charge in [-0.25, -0.2) is 8.42 Å². The normalized spacial score (nSPS) is 12.6. The lowest BCUT2D eigenvalue weighted by Gasteiger charge is -2.24. The van der Waals surface area contributed by atoms with Gasteiger partial charge in [0.25, 0.3) is 0 Å². The number of nitrogens with one attached hydrogen (secondary N) is 1. The molecule has 2 aromatic carbocycles. The first-order valence-electron chi connectivity index (χ1n) is 9.55. The number of benzene rings is 2. The largest absolute Gasteiger partial charge is 0.348 e. The summed E-state index contributed by atoms with van der Waals surface area (Å²) >= 11 is 0. The Morgan fingerprint density at radius 2 is 1.54 bits per heavy atom. The standard InChI is InChI=1S/C22H30N2O3S/c1-6-21(19-9-7-17(4)8-10-19)23-22(25)15-24(28(5,26)27)20-13-11-18(12-14-20)16(2)3/h7-14,16,21H,6,15H2,1-5H3,(H,23,25)/t21-/m0/s1. The third kappa shape index (κ3) is 5.83. The average Bonchev–Trinajstić information content (AvgIpc) is 2.64. The van der Waals surface area contributed by atoms with Gasteiger partial charge in [-0.05, 0) is 42.5 Å². The average molecular weight is 403 g/mol. The highest BCUT2D eigenvalue weighted by molar-refractivity contribution is 7.92. The van der Waals surface area contributed by atoms with Crippen molar-refractivity contribution in [2.45, 2.75) is 46.1 Å². The second-order valence-corrected chi connectivity index (χ2v) is 9.36. The summed E-state index contributed by atoms with van der Waals surface area (Å²) in [6, 6.07) is 15.1. The number of carbonyl (C=O) groups is 1. The lowest BCUT2D eigenvalue weighted by Crippen LogP contribution is -2.41. The Morgan fingerprint density at radius 1 is 1.00 bits per heavy atom. The maximum absolute atomic E-state index is 12.6. The molecular weight excluding hydrogens is 372 g/mol. The Morgan fingerprint density at radius 3 is 2.00 bits per heavy atom. The van der Waals surface area contributed by atoms with Crippen molar-refractivity contribution < 1.29 is 13.2 Å². The summed E-state index contributed by atoms with van der Waals surface area (Å²) in [5.74, 6) is 0.0228. The SMILES string of the molecule is CC[C@H](NC(=O)CN(c1ccc(C(C)C)cc1)S(C)(=O)=O)c1ccc(C)cc1. The van der Waals surface area contributed by atoms with Gasteiger partial charge in [0.1, 0.15) is 6.54 Å². The molecule has 0 spiro atoms. The van der Waals surface area contributed by atoms with E-state index in [1.54, 1.807) is 12.1 Å². The number of sulfonamides is 1. The number of carbonyl (C=O) groups excluding carboxylic acids is 1. The van der Waals surface area contributed by atoms with Gasteiger partial charge >= 0.3 is 0 Å². The molecule has 0 aliphatic rings. The van der Waals surface area contributed by atoms with E-state index in [-0.39, 0.29) is 18.5 Å². The first kappa shape index (κ1) is 22.0. The Labute approximate surface area is 168 Å². The van der Waals surface area contributed by atoms with E-state index in [0.717, 1.165) is 33.7 Å². The lowest BCUT2D eigenvalue weighted by atomic mass is 10.0. The maximum Gasteiger partial charge on any atom is 0.241 e. The van der Waals surface area contributed by atoms with Crippen LogP contribution in [0.1, 0.15) is 55.8 Å². The van der Waals surface area contributed by atoms with Crippen LogP contribution in [0.5, 0.6) is 0 Å². The van der Waals surface area contributed by atoms with Crippen LogP contribution >= 0.6 is 0 Å². The Bertz CT molecular complexity index is 888. The van der Waals surface area contributed by atoms with Crippen LogP contribution in [0.4, 0.5) is 5.69 Å². The molecule has 1 N–H and O–H groups in total. The molecule has 1 amide bonds. The van der Waals surface area contributed by atoms with Crippen molar-refractivity contribution in [3.63, 3.8) is 0 Å². The molecule has 0 heterocycles. The van der Waals surface area contributed by atoms with Crippen LogP contribution in [-0.4, -0.2) is 27.1 Å². The predicted molar refractivity (Wildman–Crippen MR) is 115 cm³/mol. The van der Waals surface area contributed by atoms with E-state index in [0.29, 0.717) is 11.6 Å². The summed E-state index contributed by atoms with van der Waals surface area (Å²) in [6.07, 6.45) is 1.84. The van der Waals surface area contributed by atoms with Gasteiger partial charge in [0.15, 0.2) is 0 Å². The van der Waals surface area contributed by atoms with E-state index in [9.17, 15) is 13.2 Å². The first-order chi connectivity index (χ1) is 13.1. The summed E-state index contributed by atoms with van der Waals surface area (Å²) < 4.78 is 25.7. The van der Waals surface area contributed by atoms with Gasteiger partial charge < -0.3 is 5.32 Å². The smallest absolute Gasteiger partial charge is 0.241 e. The molecule has 152 valence electrons. The Balaban J connectivity index is 2.17. The van der Waals surface area contributed by atoms with Crippen molar-refractivity contribution in [1.29, 1.82) is 0 Å². The number of hydrogen-bond donors (Lipinski definition) is 1. The molecule has 0 fully saturated rings. The third-order valence-corrected chi connectivity index (χ3v) is 5.90. The molecule has 0 aliphatic heterocycles. The van der Waals surface area contributed by atoms with E-state index >= 15 is 0 Å². The van der Waals surface area contributed by atoms with Gasteiger partial charge in [0.05, 0.1) is 18.0 Å². The van der Waals surface area contributed by atoms with Crippen molar-refractivity contribution in [2.24, 2.45) is 0 Å². The van der Waals surface area contributed by atoms with E-state index in [4.69, 9.17) is 0 Å². The van der Waals surface area contributed by atoms with Gasteiger partial charge in [0.2, 0.25) is 15.9 Å². The van der Waals surface area contributed by atoms with Gasteiger partial charge in [-0.3, -0.25) is 9.10 Å². The molecule has 0 unspecified atom stereocenters. The molecule has 1 atom stereocenters. The van der Waals surface area contributed by atoms with Crippen LogP contribution < -0.4 is 9.62 Å². The molecular formula is C22H30N2O3S. The molecule has 0 radical (unpaired) electrons. The quantitative estimate of drug-likeness (QED) is 0.721. The number of anilines is 1. The fourth-order valence-electron chi connectivity index (χ4n) is 3.02. The summed E-state index contributed by atoms with van der Waals surface area (Å²) in [5, 5.41) is 2.96. The van der Waals surface area contributed by atoms with Gasteiger partial charge in [0, 0.05) is 0 Å².